The van der Waals surface area contributed by atoms with Gasteiger partial charge in [-0.25, -0.2) is 0 Å². The molecule has 1 aliphatic rings. The highest BCUT2D eigenvalue weighted by Gasteiger charge is 2.45. The molecule has 0 saturated carbocycles. The predicted molar refractivity (Wildman–Crippen MR) is 198 cm³/mol. The van der Waals surface area contributed by atoms with Crippen LogP contribution in [0, 0.1) is 0 Å². The van der Waals surface area contributed by atoms with Crippen LogP contribution in [0.25, 0.3) is 60.2 Å². The maximum atomic E-state index is 2.50. The summed E-state index contributed by atoms with van der Waals surface area (Å²) in [5.41, 5.74) is 6.17. The lowest BCUT2D eigenvalue weighted by Gasteiger charge is -2.35. The van der Waals surface area contributed by atoms with Gasteiger partial charge in [0.25, 0.3) is 0 Å². The van der Waals surface area contributed by atoms with E-state index in [-0.39, 0.29) is 0 Å². The van der Waals surface area contributed by atoms with Gasteiger partial charge in [-0.15, -0.1) is 0 Å². The highest BCUT2D eigenvalue weighted by Crippen LogP contribution is 2.42. The van der Waals surface area contributed by atoms with Crippen LogP contribution in [-0.2, 0) is 0 Å². The topological polar surface area (TPSA) is 4.93 Å². The third kappa shape index (κ3) is 3.34. The quantitative estimate of drug-likeness (QED) is 0.141. The van der Waals surface area contributed by atoms with Crippen LogP contribution in [0.15, 0.2) is 176 Å². The van der Waals surface area contributed by atoms with Crippen molar-refractivity contribution in [3.63, 3.8) is 0 Å². The van der Waals surface area contributed by atoms with E-state index >= 15 is 0 Å². The van der Waals surface area contributed by atoms with Gasteiger partial charge < -0.3 is 4.57 Å². The standard InChI is InChI=1S/C44H29NSi/c1-4-12-30(13-5-1)31-24-27-34(28-25-31)45-37-19-11-21-40-43(37)44-38(45)29-26-33-23-22-32-14-10-20-39(41(32)42(33)44)46(40,35-15-6-2-7-16-35)36-17-8-3-9-18-36/h1-29H. The molecule has 0 saturated heterocycles. The normalized spacial score (nSPS) is 13.4. The zero-order valence-corrected chi connectivity index (χ0v) is 26.2. The first-order valence-corrected chi connectivity index (χ1v) is 18.0. The highest BCUT2D eigenvalue weighted by atomic mass is 28.3. The molecule has 0 N–H and O–H groups in total. The van der Waals surface area contributed by atoms with Gasteiger partial charge >= 0.3 is 0 Å². The largest absolute Gasteiger partial charge is 0.309 e. The molecule has 0 bridgehead atoms. The maximum Gasteiger partial charge on any atom is 0.180 e. The van der Waals surface area contributed by atoms with Crippen molar-refractivity contribution in [2.75, 3.05) is 0 Å². The van der Waals surface area contributed by atoms with Crippen molar-refractivity contribution in [2.24, 2.45) is 0 Å². The Morgan fingerprint density at radius 2 is 0.848 bits per heavy atom. The Labute approximate surface area is 268 Å². The Morgan fingerprint density at radius 3 is 1.52 bits per heavy atom. The lowest BCUT2D eigenvalue weighted by Crippen LogP contribution is -2.74. The summed E-state index contributed by atoms with van der Waals surface area (Å²) in [5.74, 6) is 0. The van der Waals surface area contributed by atoms with E-state index in [0.717, 1.165) is 0 Å². The van der Waals surface area contributed by atoms with Gasteiger partial charge in [0.2, 0.25) is 0 Å². The van der Waals surface area contributed by atoms with Crippen LogP contribution in [0.1, 0.15) is 0 Å². The first kappa shape index (κ1) is 25.6. The van der Waals surface area contributed by atoms with Crippen molar-refractivity contribution in [1.82, 2.24) is 4.57 Å². The van der Waals surface area contributed by atoms with E-state index in [1.165, 1.54) is 80.9 Å². The molecule has 0 fully saturated rings. The van der Waals surface area contributed by atoms with Crippen LogP contribution in [0.2, 0.25) is 0 Å². The van der Waals surface area contributed by atoms with Gasteiger partial charge in [0.05, 0.1) is 11.0 Å². The summed E-state index contributed by atoms with van der Waals surface area (Å²) in [4.78, 5) is 0. The summed E-state index contributed by atoms with van der Waals surface area (Å²) in [6, 6.07) is 65.9. The van der Waals surface area contributed by atoms with Crippen molar-refractivity contribution < 1.29 is 0 Å². The maximum absolute atomic E-state index is 2.79. The van der Waals surface area contributed by atoms with Crippen molar-refractivity contribution >= 4 is 72.2 Å². The monoisotopic (exact) mass is 599 g/mol. The van der Waals surface area contributed by atoms with Crippen molar-refractivity contribution in [3.05, 3.63) is 176 Å². The Bertz CT molecular complexity index is 2560. The molecule has 46 heavy (non-hydrogen) atoms. The second-order valence-corrected chi connectivity index (χ2v) is 16.2. The molecule has 10 rings (SSSR count). The SMILES string of the molecule is c1ccc(-c2ccc(-n3c4cccc5c4c4c6c(ccc7cccc(c76)[Si]5(c5ccccc5)c5ccccc5)ccc43)cc2)cc1. The van der Waals surface area contributed by atoms with Crippen LogP contribution in [0.5, 0.6) is 0 Å². The van der Waals surface area contributed by atoms with Gasteiger partial charge in [-0.3, -0.25) is 0 Å². The van der Waals surface area contributed by atoms with Gasteiger partial charge in [0.15, 0.2) is 8.07 Å². The smallest absolute Gasteiger partial charge is 0.180 e. The molecule has 2 heterocycles. The first-order chi connectivity index (χ1) is 22.8. The van der Waals surface area contributed by atoms with E-state index in [1.54, 1.807) is 0 Å². The molecule has 1 aliphatic heterocycles. The Morgan fingerprint density at radius 1 is 0.326 bits per heavy atom. The number of hydrogen-bond acceptors (Lipinski definition) is 0. The lowest BCUT2D eigenvalue weighted by molar-refractivity contribution is 1.18. The predicted octanol–water partition coefficient (Wildman–Crippen LogP) is 8.45. The fraction of sp³-hybridized carbons (Fsp3) is 0. The Hall–Kier alpha value is -5.70. The van der Waals surface area contributed by atoms with Gasteiger partial charge in [-0.2, -0.15) is 0 Å². The third-order valence-corrected chi connectivity index (χ3v) is 15.1. The fourth-order valence-electron chi connectivity index (χ4n) is 8.39. The molecule has 1 nitrogen and oxygen atoms in total. The Kier molecular flexibility index (Phi) is 5.37. The van der Waals surface area contributed by atoms with E-state index in [9.17, 15) is 0 Å². The van der Waals surface area contributed by atoms with Gasteiger partial charge in [-0.05, 0) is 77.7 Å². The van der Waals surface area contributed by atoms with Crippen LogP contribution in [0.3, 0.4) is 0 Å². The molecule has 0 atom stereocenters. The number of hydrogen-bond donors (Lipinski definition) is 0. The van der Waals surface area contributed by atoms with E-state index in [2.05, 4.69) is 180 Å². The highest BCUT2D eigenvalue weighted by molar-refractivity contribution is 7.22. The summed E-state index contributed by atoms with van der Waals surface area (Å²) in [6.07, 6.45) is 0. The van der Waals surface area contributed by atoms with Crippen molar-refractivity contribution in [3.8, 4) is 16.8 Å². The average molecular weight is 600 g/mol. The minimum absolute atomic E-state index is 1.18. The number of nitrogens with zero attached hydrogens (tertiary/aromatic N) is 1. The Balaban J connectivity index is 1.42. The summed E-state index contributed by atoms with van der Waals surface area (Å²) >= 11 is 0. The molecule has 8 aromatic carbocycles. The molecule has 2 heteroatoms. The van der Waals surface area contributed by atoms with Crippen LogP contribution < -0.4 is 20.7 Å². The van der Waals surface area contributed by atoms with Crippen LogP contribution >= 0.6 is 0 Å². The summed E-state index contributed by atoms with van der Waals surface area (Å²) in [6.45, 7) is 0. The molecular weight excluding hydrogens is 571 g/mol. The number of aromatic nitrogens is 1. The summed E-state index contributed by atoms with van der Waals surface area (Å²) in [5, 5.41) is 13.9. The fourth-order valence-corrected chi connectivity index (χ4v) is 13.6. The molecule has 214 valence electrons. The first-order valence-electron chi connectivity index (χ1n) is 16.0. The zero-order chi connectivity index (χ0) is 30.2. The minimum Gasteiger partial charge on any atom is -0.309 e. The van der Waals surface area contributed by atoms with Crippen molar-refractivity contribution in [1.29, 1.82) is 0 Å². The molecule has 1 aromatic heterocycles. The molecule has 0 aliphatic carbocycles. The average Bonchev–Trinajstić information content (AvgIpc) is 3.42. The van der Waals surface area contributed by atoms with Crippen molar-refractivity contribution in [2.45, 2.75) is 0 Å². The van der Waals surface area contributed by atoms with Gasteiger partial charge in [-0.1, -0.05) is 152 Å². The molecule has 0 amide bonds. The van der Waals surface area contributed by atoms with E-state index in [0.29, 0.717) is 0 Å². The summed E-state index contributed by atoms with van der Waals surface area (Å²) < 4.78 is 2.50. The number of benzene rings is 8. The van der Waals surface area contributed by atoms with Crippen LogP contribution in [-0.4, -0.2) is 12.6 Å². The zero-order valence-electron chi connectivity index (χ0n) is 25.2. The second kappa shape index (κ2) is 9.65. The second-order valence-electron chi connectivity index (χ2n) is 12.5. The molecular formula is C44H29NSi. The van der Waals surface area contributed by atoms with E-state index in [4.69, 9.17) is 0 Å². The lowest BCUT2D eigenvalue weighted by atomic mass is 9.97. The molecule has 0 spiro atoms. The summed E-state index contributed by atoms with van der Waals surface area (Å²) in [7, 11) is -2.79. The molecule has 0 radical (unpaired) electrons. The minimum atomic E-state index is -2.79. The molecule has 0 unspecified atom stereocenters. The van der Waals surface area contributed by atoms with Crippen LogP contribution in [0.4, 0.5) is 0 Å². The molecule has 9 aromatic rings. The van der Waals surface area contributed by atoms with E-state index in [1.807, 2.05) is 0 Å². The van der Waals surface area contributed by atoms with Gasteiger partial charge in [0.1, 0.15) is 0 Å². The number of rotatable bonds is 4. The third-order valence-electron chi connectivity index (χ3n) is 10.2. The van der Waals surface area contributed by atoms with E-state index < -0.39 is 8.07 Å². The van der Waals surface area contributed by atoms with Gasteiger partial charge in [0, 0.05) is 16.5 Å².